The number of sulfonamides is 2. The van der Waals surface area contributed by atoms with E-state index in [1.54, 1.807) is 12.1 Å². The zero-order chi connectivity index (χ0) is 28.4. The fourth-order valence-electron chi connectivity index (χ4n) is 4.24. The van der Waals surface area contributed by atoms with Gasteiger partial charge in [0.2, 0.25) is 26.0 Å². The SMILES string of the molecule is CCOc1ccc(N2C(=O)CC(N(CCc3ccc(S(N)(=O)=O)cc3)S(=O)(=O)c3ccc(F)cc3)C2=O)cc1. The number of halogens is 1. The minimum Gasteiger partial charge on any atom is -0.494 e. The Labute approximate surface area is 225 Å². The minimum absolute atomic E-state index is 0.0896. The van der Waals surface area contributed by atoms with Crippen LogP contribution in [-0.4, -0.2) is 52.1 Å². The van der Waals surface area contributed by atoms with Crippen molar-refractivity contribution < 1.29 is 35.6 Å². The number of nitrogens with two attached hydrogens (primary N) is 1. The van der Waals surface area contributed by atoms with E-state index in [0.29, 0.717) is 17.9 Å². The number of ether oxygens (including phenoxy) is 1. The molecule has 0 saturated carbocycles. The van der Waals surface area contributed by atoms with Crippen LogP contribution < -0.4 is 14.8 Å². The molecule has 0 radical (unpaired) electrons. The van der Waals surface area contributed by atoms with Gasteiger partial charge in [0.1, 0.15) is 17.6 Å². The maximum absolute atomic E-state index is 13.7. The third-order valence-electron chi connectivity index (χ3n) is 6.17. The first-order valence-electron chi connectivity index (χ1n) is 11.9. The van der Waals surface area contributed by atoms with Gasteiger partial charge in [-0.1, -0.05) is 12.1 Å². The van der Waals surface area contributed by atoms with Gasteiger partial charge in [0, 0.05) is 6.54 Å². The highest BCUT2D eigenvalue weighted by Gasteiger charge is 2.46. The summed E-state index contributed by atoms with van der Waals surface area (Å²) in [5, 5.41) is 5.13. The monoisotopic (exact) mass is 575 g/mol. The molecule has 13 heteroatoms. The van der Waals surface area contributed by atoms with Crippen LogP contribution in [0.1, 0.15) is 18.9 Å². The first-order valence-corrected chi connectivity index (χ1v) is 14.9. The number of rotatable bonds is 10. The van der Waals surface area contributed by atoms with E-state index in [2.05, 4.69) is 0 Å². The van der Waals surface area contributed by atoms with Crippen molar-refractivity contribution in [3.63, 3.8) is 0 Å². The van der Waals surface area contributed by atoms with Gasteiger partial charge in [0.15, 0.2) is 0 Å². The lowest BCUT2D eigenvalue weighted by atomic mass is 10.1. The molecule has 1 aliphatic rings. The molecule has 1 fully saturated rings. The number of imide groups is 1. The Morgan fingerprint density at radius 2 is 1.51 bits per heavy atom. The van der Waals surface area contributed by atoms with Gasteiger partial charge in [-0.3, -0.25) is 9.59 Å². The zero-order valence-electron chi connectivity index (χ0n) is 20.9. The number of hydrogen-bond donors (Lipinski definition) is 1. The van der Waals surface area contributed by atoms with Crippen molar-refractivity contribution in [3.8, 4) is 5.75 Å². The van der Waals surface area contributed by atoms with Crippen LogP contribution in [0.15, 0.2) is 82.6 Å². The van der Waals surface area contributed by atoms with Crippen LogP contribution in [0.3, 0.4) is 0 Å². The molecule has 1 aliphatic heterocycles. The summed E-state index contributed by atoms with van der Waals surface area (Å²) in [6, 6.07) is 14.6. The Balaban J connectivity index is 1.65. The first-order chi connectivity index (χ1) is 18.4. The summed E-state index contributed by atoms with van der Waals surface area (Å²) in [4.78, 5) is 27.0. The van der Waals surface area contributed by atoms with E-state index in [1.807, 2.05) is 6.92 Å². The zero-order valence-corrected chi connectivity index (χ0v) is 22.5. The van der Waals surface area contributed by atoms with Gasteiger partial charge in [-0.05, 0) is 79.6 Å². The summed E-state index contributed by atoms with van der Waals surface area (Å²) in [5.74, 6) is -1.39. The lowest BCUT2D eigenvalue weighted by Crippen LogP contribution is -2.46. The van der Waals surface area contributed by atoms with Crippen LogP contribution >= 0.6 is 0 Å². The number of carbonyl (C=O) groups is 2. The molecule has 39 heavy (non-hydrogen) atoms. The third kappa shape index (κ3) is 6.17. The summed E-state index contributed by atoms with van der Waals surface area (Å²) in [6.45, 7) is 2.04. The Morgan fingerprint density at radius 3 is 2.08 bits per heavy atom. The van der Waals surface area contributed by atoms with Crippen molar-refractivity contribution in [1.82, 2.24) is 4.31 Å². The number of nitrogens with zero attached hydrogens (tertiary/aromatic N) is 2. The highest BCUT2D eigenvalue weighted by atomic mass is 32.2. The molecule has 3 aromatic rings. The summed E-state index contributed by atoms with van der Waals surface area (Å²) in [7, 11) is -8.26. The van der Waals surface area contributed by atoms with E-state index in [4.69, 9.17) is 9.88 Å². The average molecular weight is 576 g/mol. The molecular weight excluding hydrogens is 549 g/mol. The standard InChI is InChI=1S/C26H26FN3O7S2/c1-2-37-21-9-7-20(8-10-21)30-25(31)17-24(26(30)32)29(39(35,36)23-13-5-19(27)6-14-23)16-15-18-3-11-22(12-4-18)38(28,33)34/h3-14,24H,2,15-17H2,1H3,(H2,28,33,34). The smallest absolute Gasteiger partial charge is 0.252 e. The second kappa shape index (κ2) is 11.2. The molecule has 2 amide bonds. The van der Waals surface area contributed by atoms with Gasteiger partial charge < -0.3 is 4.74 Å². The van der Waals surface area contributed by atoms with Crippen LogP contribution in [0.2, 0.25) is 0 Å². The molecule has 0 aromatic heterocycles. The van der Waals surface area contributed by atoms with Crippen LogP contribution in [0.4, 0.5) is 10.1 Å². The van der Waals surface area contributed by atoms with Crippen molar-refractivity contribution in [2.45, 2.75) is 35.6 Å². The maximum atomic E-state index is 13.7. The molecule has 0 bridgehead atoms. The van der Waals surface area contributed by atoms with Crippen molar-refractivity contribution >= 4 is 37.5 Å². The second-order valence-corrected chi connectivity index (χ2v) is 12.2. The van der Waals surface area contributed by atoms with Crippen LogP contribution in [0.25, 0.3) is 0 Å². The Morgan fingerprint density at radius 1 is 0.923 bits per heavy atom. The molecule has 1 heterocycles. The van der Waals surface area contributed by atoms with Gasteiger partial charge in [0.25, 0.3) is 5.91 Å². The van der Waals surface area contributed by atoms with Crippen molar-refractivity contribution in [2.24, 2.45) is 5.14 Å². The van der Waals surface area contributed by atoms with E-state index >= 15 is 0 Å². The molecule has 10 nitrogen and oxygen atoms in total. The van der Waals surface area contributed by atoms with Crippen LogP contribution in [0, 0.1) is 5.82 Å². The highest BCUT2D eigenvalue weighted by Crippen LogP contribution is 2.30. The number of amides is 2. The number of benzene rings is 3. The average Bonchev–Trinajstić information content (AvgIpc) is 3.18. The lowest BCUT2D eigenvalue weighted by Gasteiger charge is -2.27. The van der Waals surface area contributed by atoms with Crippen LogP contribution in [-0.2, 0) is 36.1 Å². The van der Waals surface area contributed by atoms with E-state index in [0.717, 1.165) is 33.5 Å². The normalized spacial score (nSPS) is 16.2. The van der Waals surface area contributed by atoms with E-state index < -0.39 is 50.1 Å². The van der Waals surface area contributed by atoms with E-state index in [1.165, 1.54) is 36.4 Å². The lowest BCUT2D eigenvalue weighted by molar-refractivity contribution is -0.122. The van der Waals surface area contributed by atoms with Gasteiger partial charge >= 0.3 is 0 Å². The molecule has 4 rings (SSSR count). The molecule has 3 aromatic carbocycles. The fraction of sp³-hybridized carbons (Fsp3) is 0.231. The molecular formula is C26H26FN3O7S2. The minimum atomic E-state index is -4.35. The maximum Gasteiger partial charge on any atom is 0.252 e. The largest absolute Gasteiger partial charge is 0.494 e. The van der Waals surface area contributed by atoms with E-state index in [-0.39, 0.29) is 28.4 Å². The van der Waals surface area contributed by atoms with Crippen molar-refractivity contribution in [2.75, 3.05) is 18.1 Å². The second-order valence-electron chi connectivity index (χ2n) is 8.72. The Bertz CT molecular complexity index is 1580. The topological polar surface area (TPSA) is 144 Å². The van der Waals surface area contributed by atoms with Gasteiger partial charge in [0.05, 0.1) is 28.5 Å². The summed E-state index contributed by atoms with van der Waals surface area (Å²) >= 11 is 0. The highest BCUT2D eigenvalue weighted by molar-refractivity contribution is 7.89. The van der Waals surface area contributed by atoms with E-state index in [9.17, 15) is 30.8 Å². The Kier molecular flexibility index (Phi) is 8.16. The van der Waals surface area contributed by atoms with Gasteiger partial charge in [-0.2, -0.15) is 4.31 Å². The van der Waals surface area contributed by atoms with Gasteiger partial charge in [-0.15, -0.1) is 0 Å². The molecule has 0 spiro atoms. The molecule has 1 atom stereocenters. The Hall–Kier alpha value is -3.65. The van der Waals surface area contributed by atoms with Crippen molar-refractivity contribution in [1.29, 1.82) is 0 Å². The number of primary sulfonamides is 1. The quantitative estimate of drug-likeness (QED) is 0.366. The number of hydrogen-bond acceptors (Lipinski definition) is 7. The number of anilines is 1. The predicted molar refractivity (Wildman–Crippen MR) is 140 cm³/mol. The molecule has 0 aliphatic carbocycles. The third-order valence-corrected chi connectivity index (χ3v) is 9.02. The summed E-state index contributed by atoms with van der Waals surface area (Å²) in [6.07, 6.45) is -0.302. The fourth-order valence-corrected chi connectivity index (χ4v) is 6.34. The molecule has 206 valence electrons. The molecule has 1 saturated heterocycles. The summed E-state index contributed by atoms with van der Waals surface area (Å²) in [5.41, 5.74) is 0.843. The molecule has 1 unspecified atom stereocenters. The summed E-state index contributed by atoms with van der Waals surface area (Å²) < 4.78 is 70.3. The first kappa shape index (κ1) is 28.4. The van der Waals surface area contributed by atoms with Crippen LogP contribution in [0.5, 0.6) is 5.75 Å². The molecule has 2 N–H and O–H groups in total. The van der Waals surface area contributed by atoms with Gasteiger partial charge in [-0.25, -0.2) is 31.3 Å². The number of carbonyl (C=O) groups excluding carboxylic acids is 2. The van der Waals surface area contributed by atoms with Crippen molar-refractivity contribution in [3.05, 3.63) is 84.2 Å². The predicted octanol–water partition coefficient (Wildman–Crippen LogP) is 2.44.